The van der Waals surface area contributed by atoms with Gasteiger partial charge in [0.05, 0.1) is 16.1 Å². The number of halogens is 1. The molecule has 1 saturated carbocycles. The third kappa shape index (κ3) is 5.37. The molecule has 3 heterocycles. The second-order valence-corrected chi connectivity index (χ2v) is 11.3. The minimum absolute atomic E-state index is 0.00860. The summed E-state index contributed by atoms with van der Waals surface area (Å²) in [4.78, 5) is 44.7. The van der Waals surface area contributed by atoms with E-state index in [9.17, 15) is 14.4 Å². The number of nitrogens with zero attached hydrogens (tertiary/aromatic N) is 2. The van der Waals surface area contributed by atoms with Crippen molar-refractivity contribution in [3.8, 4) is 0 Å². The predicted molar refractivity (Wildman–Crippen MR) is 149 cm³/mol. The van der Waals surface area contributed by atoms with Gasteiger partial charge in [-0.1, -0.05) is 25.4 Å². The molecule has 2 amide bonds. The van der Waals surface area contributed by atoms with Crippen LogP contribution in [0.2, 0.25) is 5.02 Å². The molecule has 2 atom stereocenters. The van der Waals surface area contributed by atoms with Crippen molar-refractivity contribution in [1.82, 2.24) is 10.3 Å². The Bertz CT molecular complexity index is 1210. The zero-order valence-electron chi connectivity index (χ0n) is 22.0. The summed E-state index contributed by atoms with van der Waals surface area (Å²) in [6.07, 6.45) is 9.13. The summed E-state index contributed by atoms with van der Waals surface area (Å²) < 4.78 is 0. The van der Waals surface area contributed by atoms with E-state index in [0.29, 0.717) is 16.8 Å². The van der Waals surface area contributed by atoms with E-state index in [1.165, 1.54) is 6.07 Å². The Balaban J connectivity index is 1.27. The van der Waals surface area contributed by atoms with Gasteiger partial charge in [-0.2, -0.15) is 0 Å². The molecule has 2 saturated heterocycles. The largest absolute Gasteiger partial charge is 0.382 e. The van der Waals surface area contributed by atoms with E-state index in [4.69, 9.17) is 17.3 Å². The SMILES string of the molecule is CCC(CC)Nc1cc(C(=O)NC2CC3CCC(C2)N3c2ccc(C(=O)C3CC3)cn2)c(Cl)cc1C(N)=O. The van der Waals surface area contributed by atoms with Crippen LogP contribution in [-0.4, -0.2) is 46.7 Å². The summed E-state index contributed by atoms with van der Waals surface area (Å²) in [5.41, 5.74) is 7.43. The van der Waals surface area contributed by atoms with Gasteiger partial charge in [-0.25, -0.2) is 4.98 Å². The monoisotopic (exact) mass is 537 g/mol. The highest BCUT2D eigenvalue weighted by Gasteiger charge is 2.42. The number of carbonyl (C=O) groups excluding carboxylic acids is 3. The van der Waals surface area contributed by atoms with Crippen molar-refractivity contribution >= 4 is 40.7 Å². The van der Waals surface area contributed by atoms with Gasteiger partial charge >= 0.3 is 0 Å². The van der Waals surface area contributed by atoms with Crippen LogP contribution in [-0.2, 0) is 0 Å². The normalized spacial score (nSPS) is 22.4. The first-order chi connectivity index (χ1) is 18.3. The topological polar surface area (TPSA) is 117 Å². The standard InChI is InChI=1S/C29H36ClN5O3/c1-3-18(4-2)33-25-14-22(24(30)13-23(25)28(31)37)29(38)34-19-11-20-8-9-21(12-19)35(20)26-10-7-17(15-32-26)27(36)16-5-6-16/h7,10,13-16,18-21,33H,3-6,8-9,11-12H2,1-2H3,(H2,31,37)(H,34,38). The van der Waals surface area contributed by atoms with E-state index in [-0.39, 0.29) is 52.4 Å². The molecule has 2 aliphatic heterocycles. The third-order valence-electron chi connectivity index (χ3n) is 8.28. The lowest BCUT2D eigenvalue weighted by Gasteiger charge is -2.40. The highest BCUT2D eigenvalue weighted by molar-refractivity contribution is 6.34. The first-order valence-electron chi connectivity index (χ1n) is 13.8. The zero-order chi connectivity index (χ0) is 27.0. The maximum absolute atomic E-state index is 13.3. The second-order valence-electron chi connectivity index (χ2n) is 10.9. The molecule has 1 aliphatic carbocycles. The number of anilines is 2. The summed E-state index contributed by atoms with van der Waals surface area (Å²) in [7, 11) is 0. The van der Waals surface area contributed by atoms with Gasteiger partial charge in [-0.15, -0.1) is 0 Å². The Hall–Kier alpha value is -3.13. The third-order valence-corrected chi connectivity index (χ3v) is 8.59. The molecular weight excluding hydrogens is 502 g/mol. The molecule has 0 spiro atoms. The van der Waals surface area contributed by atoms with Gasteiger partial charge in [0.15, 0.2) is 5.78 Å². The van der Waals surface area contributed by atoms with Gasteiger partial charge in [-0.05, 0) is 75.6 Å². The molecule has 0 radical (unpaired) electrons. The van der Waals surface area contributed by atoms with Gasteiger partial charge in [0.25, 0.3) is 11.8 Å². The van der Waals surface area contributed by atoms with E-state index in [0.717, 1.165) is 57.2 Å². The van der Waals surface area contributed by atoms with Crippen LogP contribution in [0, 0.1) is 5.92 Å². The smallest absolute Gasteiger partial charge is 0.253 e. The molecule has 4 N–H and O–H groups in total. The number of piperidine rings is 1. The predicted octanol–water partition coefficient (Wildman–Crippen LogP) is 4.96. The van der Waals surface area contributed by atoms with Gasteiger partial charge in [0, 0.05) is 47.5 Å². The summed E-state index contributed by atoms with van der Waals surface area (Å²) >= 11 is 6.46. The van der Waals surface area contributed by atoms with Crippen LogP contribution in [0.25, 0.3) is 0 Å². The molecule has 2 bridgehead atoms. The molecule has 8 nitrogen and oxygen atoms in total. The maximum Gasteiger partial charge on any atom is 0.253 e. The molecule has 1 aromatic carbocycles. The van der Waals surface area contributed by atoms with Crippen molar-refractivity contribution in [1.29, 1.82) is 0 Å². The Morgan fingerprint density at radius 1 is 1.05 bits per heavy atom. The first-order valence-corrected chi connectivity index (χ1v) is 14.2. The fourth-order valence-corrected chi connectivity index (χ4v) is 6.23. The molecule has 3 fully saturated rings. The van der Waals surface area contributed by atoms with Crippen molar-refractivity contribution in [2.24, 2.45) is 11.7 Å². The van der Waals surface area contributed by atoms with E-state index < -0.39 is 5.91 Å². The number of ketones is 1. The number of carbonyl (C=O) groups is 3. The van der Waals surface area contributed by atoms with E-state index >= 15 is 0 Å². The van der Waals surface area contributed by atoms with Crippen molar-refractivity contribution in [2.45, 2.75) is 89.4 Å². The minimum Gasteiger partial charge on any atom is -0.382 e. The van der Waals surface area contributed by atoms with Crippen LogP contribution >= 0.6 is 11.6 Å². The minimum atomic E-state index is -0.588. The van der Waals surface area contributed by atoms with Crippen molar-refractivity contribution in [2.75, 3.05) is 10.2 Å². The number of aromatic nitrogens is 1. The number of primary amides is 1. The lowest BCUT2D eigenvalue weighted by molar-refractivity contribution is 0.0924. The Morgan fingerprint density at radius 3 is 2.29 bits per heavy atom. The molecule has 5 rings (SSSR count). The highest BCUT2D eigenvalue weighted by Crippen LogP contribution is 2.39. The molecular formula is C29H36ClN5O3. The van der Waals surface area contributed by atoms with Crippen molar-refractivity contribution in [3.05, 3.63) is 52.2 Å². The van der Waals surface area contributed by atoms with Crippen LogP contribution in [0.15, 0.2) is 30.5 Å². The van der Waals surface area contributed by atoms with Gasteiger partial charge in [0.2, 0.25) is 0 Å². The van der Waals surface area contributed by atoms with Gasteiger partial charge < -0.3 is 21.3 Å². The number of rotatable bonds is 10. The number of amides is 2. The number of hydrogen-bond donors (Lipinski definition) is 3. The quantitative estimate of drug-likeness (QED) is 0.369. The molecule has 2 aromatic rings. The Morgan fingerprint density at radius 2 is 1.74 bits per heavy atom. The van der Waals surface area contributed by atoms with E-state index in [2.05, 4.69) is 34.4 Å². The van der Waals surface area contributed by atoms with Crippen molar-refractivity contribution in [3.63, 3.8) is 0 Å². The maximum atomic E-state index is 13.3. The Kier molecular flexibility index (Phi) is 7.61. The van der Waals surface area contributed by atoms with Crippen molar-refractivity contribution < 1.29 is 14.4 Å². The number of nitrogens with one attached hydrogen (secondary N) is 2. The number of pyridine rings is 1. The summed E-state index contributed by atoms with van der Waals surface area (Å²) in [5.74, 6) is 0.448. The second kappa shape index (κ2) is 10.9. The number of nitrogens with two attached hydrogens (primary N) is 1. The summed E-state index contributed by atoms with van der Waals surface area (Å²) in [6, 6.07) is 7.71. The lowest BCUT2D eigenvalue weighted by Crippen LogP contribution is -2.50. The average molecular weight is 538 g/mol. The number of Topliss-reactive ketones (excluding diaryl/α,β-unsaturated/α-hetero) is 1. The summed E-state index contributed by atoms with van der Waals surface area (Å²) in [6.45, 7) is 4.12. The molecule has 9 heteroatoms. The van der Waals surface area contributed by atoms with Crippen LogP contribution in [0.5, 0.6) is 0 Å². The highest BCUT2D eigenvalue weighted by atomic mass is 35.5. The fraction of sp³-hybridized carbons (Fsp3) is 0.517. The molecule has 1 aromatic heterocycles. The van der Waals surface area contributed by atoms with Gasteiger partial charge in [0.1, 0.15) is 5.82 Å². The number of benzene rings is 1. The molecule has 3 aliphatic rings. The lowest BCUT2D eigenvalue weighted by atomic mass is 9.96. The average Bonchev–Trinajstić information content (AvgIpc) is 3.72. The molecule has 2 unspecified atom stereocenters. The first kappa shape index (κ1) is 26.5. The van der Waals surface area contributed by atoms with Gasteiger partial charge in [-0.3, -0.25) is 14.4 Å². The van der Waals surface area contributed by atoms with E-state index in [1.807, 2.05) is 12.1 Å². The molecule has 38 heavy (non-hydrogen) atoms. The van der Waals surface area contributed by atoms with Crippen LogP contribution < -0.4 is 21.3 Å². The van der Waals surface area contributed by atoms with Crippen LogP contribution in [0.4, 0.5) is 11.5 Å². The fourth-order valence-electron chi connectivity index (χ4n) is 5.98. The Labute approximate surface area is 228 Å². The number of fused-ring (bicyclic) bond motifs is 2. The van der Waals surface area contributed by atoms with E-state index in [1.54, 1.807) is 12.3 Å². The van der Waals surface area contributed by atoms with Crippen LogP contribution in [0.3, 0.4) is 0 Å². The molecule has 202 valence electrons. The zero-order valence-corrected chi connectivity index (χ0v) is 22.8. The number of hydrogen-bond acceptors (Lipinski definition) is 6. The summed E-state index contributed by atoms with van der Waals surface area (Å²) in [5, 5.41) is 6.74. The van der Waals surface area contributed by atoms with Crippen LogP contribution in [0.1, 0.15) is 96.3 Å².